The summed E-state index contributed by atoms with van der Waals surface area (Å²) in [4.78, 5) is 13.5. The van der Waals surface area contributed by atoms with E-state index in [1.54, 1.807) is 0 Å². The lowest BCUT2D eigenvalue weighted by Crippen LogP contribution is -2.52. The highest BCUT2D eigenvalue weighted by molar-refractivity contribution is 5.77. The number of carboxylic acids is 1. The van der Waals surface area contributed by atoms with Crippen LogP contribution in [0.5, 0.6) is 0 Å². The first-order valence-electron chi connectivity index (χ1n) is 8.42. The van der Waals surface area contributed by atoms with Crippen molar-refractivity contribution < 1.29 is 9.90 Å². The minimum absolute atomic E-state index is 0.417. The first kappa shape index (κ1) is 17.5. The van der Waals surface area contributed by atoms with Crippen LogP contribution in [-0.4, -0.2) is 34.6 Å². The Morgan fingerprint density at radius 1 is 0.900 bits per heavy atom. The highest BCUT2D eigenvalue weighted by Crippen LogP contribution is 2.25. The molecule has 0 aromatic rings. The van der Waals surface area contributed by atoms with E-state index in [1.807, 2.05) is 20.9 Å². The Morgan fingerprint density at radius 2 is 1.25 bits per heavy atom. The molecule has 0 atom stereocenters. The molecule has 1 aliphatic rings. The highest BCUT2D eigenvalue weighted by atomic mass is 16.4. The molecule has 0 amide bonds. The van der Waals surface area contributed by atoms with Crippen LogP contribution in [0.2, 0.25) is 0 Å². The summed E-state index contributed by atoms with van der Waals surface area (Å²) in [5.74, 6) is -0.717. The molecule has 0 aromatic carbocycles. The third-order valence-electron chi connectivity index (χ3n) is 5.03. The predicted molar refractivity (Wildman–Crippen MR) is 84.1 cm³/mol. The Labute approximate surface area is 124 Å². The van der Waals surface area contributed by atoms with E-state index in [-0.39, 0.29) is 0 Å². The van der Waals surface area contributed by atoms with Crippen molar-refractivity contribution in [2.24, 2.45) is 0 Å². The number of nitrogens with zero attached hydrogens (tertiary/aromatic N) is 1. The molecule has 1 fully saturated rings. The lowest BCUT2D eigenvalue weighted by Gasteiger charge is -2.38. The Balaban J connectivity index is 2.59. The van der Waals surface area contributed by atoms with Crippen LogP contribution >= 0.6 is 0 Å². The van der Waals surface area contributed by atoms with Gasteiger partial charge in [0.1, 0.15) is 5.54 Å². The van der Waals surface area contributed by atoms with Crippen molar-refractivity contribution in [3.63, 3.8) is 0 Å². The number of aliphatic carboxylic acids is 1. The standard InChI is InChI=1S/C17H33NO2/c1-17(2,16(19)20)18(3)15-13-11-9-7-5-4-6-8-10-12-14-15/h15H,4-14H2,1-3H3,(H,19,20). The molecule has 1 rings (SSSR count). The molecule has 0 aromatic heterocycles. The van der Waals surface area contributed by atoms with Crippen molar-refractivity contribution >= 4 is 5.97 Å². The van der Waals surface area contributed by atoms with Crippen LogP contribution in [0.25, 0.3) is 0 Å². The Kier molecular flexibility index (Phi) is 7.57. The van der Waals surface area contributed by atoms with E-state index in [2.05, 4.69) is 4.90 Å². The zero-order chi connectivity index (χ0) is 15.0. The summed E-state index contributed by atoms with van der Waals surface area (Å²) in [5, 5.41) is 9.41. The normalized spacial score (nSPS) is 21.2. The molecular formula is C17H33NO2. The third kappa shape index (κ3) is 5.43. The molecule has 0 heterocycles. The first-order chi connectivity index (χ1) is 9.46. The largest absolute Gasteiger partial charge is 0.480 e. The molecule has 0 unspecified atom stereocenters. The number of likely N-dealkylation sites (N-methyl/N-ethyl adjacent to an activating group) is 1. The van der Waals surface area contributed by atoms with Gasteiger partial charge in [-0.15, -0.1) is 0 Å². The second kappa shape index (κ2) is 8.66. The van der Waals surface area contributed by atoms with Crippen molar-refractivity contribution in [2.45, 2.75) is 96.1 Å². The van der Waals surface area contributed by atoms with Gasteiger partial charge in [-0.05, 0) is 33.7 Å². The first-order valence-corrected chi connectivity index (χ1v) is 8.42. The molecule has 20 heavy (non-hydrogen) atoms. The maximum absolute atomic E-state index is 11.4. The van der Waals surface area contributed by atoms with Crippen molar-refractivity contribution in [1.29, 1.82) is 0 Å². The fraction of sp³-hybridized carbons (Fsp3) is 0.941. The smallest absolute Gasteiger partial charge is 0.323 e. The van der Waals surface area contributed by atoms with Gasteiger partial charge >= 0.3 is 5.97 Å². The van der Waals surface area contributed by atoms with E-state index in [9.17, 15) is 9.90 Å². The fourth-order valence-corrected chi connectivity index (χ4v) is 3.14. The quantitative estimate of drug-likeness (QED) is 0.831. The summed E-state index contributed by atoms with van der Waals surface area (Å²) in [5.41, 5.74) is -0.762. The lowest BCUT2D eigenvalue weighted by molar-refractivity contribution is -0.150. The van der Waals surface area contributed by atoms with E-state index in [4.69, 9.17) is 0 Å². The average Bonchev–Trinajstić information content (AvgIpc) is 2.38. The molecule has 0 saturated heterocycles. The zero-order valence-electron chi connectivity index (χ0n) is 13.7. The Morgan fingerprint density at radius 3 is 1.60 bits per heavy atom. The van der Waals surface area contributed by atoms with Gasteiger partial charge in [0.05, 0.1) is 0 Å². The molecule has 1 N–H and O–H groups in total. The minimum atomic E-state index is -0.762. The highest BCUT2D eigenvalue weighted by Gasteiger charge is 2.35. The van der Waals surface area contributed by atoms with Gasteiger partial charge in [-0.2, -0.15) is 0 Å². The van der Waals surface area contributed by atoms with Crippen LogP contribution < -0.4 is 0 Å². The second-order valence-corrected chi connectivity index (χ2v) is 6.89. The van der Waals surface area contributed by atoms with Crippen LogP contribution in [0.4, 0.5) is 0 Å². The van der Waals surface area contributed by atoms with E-state index >= 15 is 0 Å². The molecular weight excluding hydrogens is 250 g/mol. The van der Waals surface area contributed by atoms with Crippen LogP contribution in [-0.2, 0) is 4.79 Å². The summed E-state index contributed by atoms with van der Waals surface area (Å²) >= 11 is 0. The number of carboxylic acid groups (broad SMARTS) is 1. The van der Waals surface area contributed by atoms with Crippen LogP contribution in [0.3, 0.4) is 0 Å². The van der Waals surface area contributed by atoms with Gasteiger partial charge in [0.2, 0.25) is 0 Å². The molecule has 0 radical (unpaired) electrons. The molecule has 118 valence electrons. The summed E-state index contributed by atoms with van der Waals surface area (Å²) in [7, 11) is 1.99. The molecule has 3 nitrogen and oxygen atoms in total. The van der Waals surface area contributed by atoms with Crippen molar-refractivity contribution in [2.75, 3.05) is 7.05 Å². The van der Waals surface area contributed by atoms with E-state index in [0.717, 1.165) is 12.8 Å². The van der Waals surface area contributed by atoms with Gasteiger partial charge in [-0.25, -0.2) is 0 Å². The SMILES string of the molecule is CN(C1CCCCCCCCCCC1)C(C)(C)C(=O)O. The van der Waals surface area contributed by atoms with Gasteiger partial charge < -0.3 is 5.11 Å². The van der Waals surface area contributed by atoms with Crippen LogP contribution in [0, 0.1) is 0 Å². The Bertz CT molecular complexity index is 277. The number of carbonyl (C=O) groups is 1. The predicted octanol–water partition coefficient (Wildman–Crippen LogP) is 4.45. The van der Waals surface area contributed by atoms with Gasteiger partial charge in [0.25, 0.3) is 0 Å². The molecule has 0 bridgehead atoms. The molecule has 3 heteroatoms. The second-order valence-electron chi connectivity index (χ2n) is 6.89. The number of rotatable bonds is 3. The summed E-state index contributed by atoms with van der Waals surface area (Å²) < 4.78 is 0. The maximum atomic E-state index is 11.4. The minimum Gasteiger partial charge on any atom is -0.480 e. The fourth-order valence-electron chi connectivity index (χ4n) is 3.14. The molecule has 1 saturated carbocycles. The Hall–Kier alpha value is -0.570. The van der Waals surface area contributed by atoms with E-state index in [0.29, 0.717) is 6.04 Å². The summed E-state index contributed by atoms with van der Waals surface area (Å²) in [6.45, 7) is 3.65. The van der Waals surface area contributed by atoms with E-state index < -0.39 is 11.5 Å². The lowest BCUT2D eigenvalue weighted by atomic mass is 9.93. The van der Waals surface area contributed by atoms with Gasteiger partial charge in [-0.1, -0.05) is 57.8 Å². The van der Waals surface area contributed by atoms with Crippen LogP contribution in [0.1, 0.15) is 84.5 Å². The average molecular weight is 283 g/mol. The zero-order valence-corrected chi connectivity index (χ0v) is 13.7. The van der Waals surface area contributed by atoms with Crippen molar-refractivity contribution in [1.82, 2.24) is 4.90 Å². The number of hydrogen-bond donors (Lipinski definition) is 1. The van der Waals surface area contributed by atoms with Crippen LogP contribution in [0.15, 0.2) is 0 Å². The van der Waals surface area contributed by atoms with Crippen molar-refractivity contribution in [3.05, 3.63) is 0 Å². The van der Waals surface area contributed by atoms with Crippen molar-refractivity contribution in [3.8, 4) is 0 Å². The van der Waals surface area contributed by atoms with Gasteiger partial charge in [-0.3, -0.25) is 9.69 Å². The maximum Gasteiger partial charge on any atom is 0.323 e. The summed E-state index contributed by atoms with van der Waals surface area (Å²) in [6, 6.07) is 0.417. The van der Waals surface area contributed by atoms with E-state index in [1.165, 1.54) is 57.8 Å². The third-order valence-corrected chi connectivity index (χ3v) is 5.03. The van der Waals surface area contributed by atoms with Gasteiger partial charge in [0, 0.05) is 6.04 Å². The molecule has 0 spiro atoms. The topological polar surface area (TPSA) is 40.5 Å². The molecule has 1 aliphatic carbocycles. The monoisotopic (exact) mass is 283 g/mol. The molecule has 0 aliphatic heterocycles. The summed E-state index contributed by atoms with van der Waals surface area (Å²) in [6.07, 6.45) is 14.2. The van der Waals surface area contributed by atoms with Gasteiger partial charge in [0.15, 0.2) is 0 Å². The number of hydrogen-bond acceptors (Lipinski definition) is 2.